The van der Waals surface area contributed by atoms with E-state index in [-0.39, 0.29) is 37.0 Å². The Balaban J connectivity index is 2.28. The van der Waals surface area contributed by atoms with Crippen LogP contribution in [0.5, 0.6) is 11.5 Å². The molecule has 144 valence electrons. The minimum absolute atomic E-state index is 0.0118. The van der Waals surface area contributed by atoms with Crippen LogP contribution in [0.2, 0.25) is 0 Å². The molecule has 1 amide bonds. The summed E-state index contributed by atoms with van der Waals surface area (Å²) in [6.07, 6.45) is -1.71. The molecule has 0 spiro atoms. The number of carbonyl (C=O) groups is 2. The summed E-state index contributed by atoms with van der Waals surface area (Å²) in [7, 11) is 1.27. The molecule has 2 rings (SSSR count). The number of β-amino-alcohol motifs (C(OH)–C–C–N with tert-alkyl or cyclic N) is 1. The van der Waals surface area contributed by atoms with Crippen molar-refractivity contribution in [3.8, 4) is 11.5 Å². The van der Waals surface area contributed by atoms with Gasteiger partial charge in [0.15, 0.2) is 0 Å². The molecule has 0 unspecified atom stereocenters. The monoisotopic (exact) mass is 367 g/mol. The number of carboxylic acid groups (broad SMARTS) is 1. The Labute approximate surface area is 152 Å². The summed E-state index contributed by atoms with van der Waals surface area (Å²) in [4.78, 5) is 24.7. The number of aliphatic hydroxyl groups excluding tert-OH is 1. The summed E-state index contributed by atoms with van der Waals surface area (Å²) < 4.78 is 16.3. The number of benzene rings is 1. The van der Waals surface area contributed by atoms with E-state index in [1.54, 1.807) is 12.1 Å². The van der Waals surface area contributed by atoms with Crippen LogP contribution in [0.1, 0.15) is 36.2 Å². The summed E-state index contributed by atoms with van der Waals surface area (Å²) in [5.74, 6) is 0.0137. The molecule has 1 aromatic carbocycles. The van der Waals surface area contributed by atoms with Crippen LogP contribution in [0, 0.1) is 6.92 Å². The number of hydrogen-bond donors (Lipinski definition) is 2. The molecular formula is C18H25NO7. The first kappa shape index (κ1) is 19.8. The highest BCUT2D eigenvalue weighted by atomic mass is 16.5. The van der Waals surface area contributed by atoms with Crippen LogP contribution in [0.3, 0.4) is 0 Å². The summed E-state index contributed by atoms with van der Waals surface area (Å²) in [5, 5.41) is 19.0. The van der Waals surface area contributed by atoms with Gasteiger partial charge in [0.25, 0.3) is 0 Å². The van der Waals surface area contributed by atoms with Crippen molar-refractivity contribution in [2.24, 2.45) is 0 Å². The molecule has 2 N–H and O–H groups in total. The van der Waals surface area contributed by atoms with Crippen LogP contribution in [0.25, 0.3) is 0 Å². The number of amides is 1. The fourth-order valence-corrected chi connectivity index (χ4v) is 2.96. The van der Waals surface area contributed by atoms with Gasteiger partial charge in [0.1, 0.15) is 23.7 Å². The van der Waals surface area contributed by atoms with E-state index in [2.05, 4.69) is 0 Å². The zero-order valence-electron chi connectivity index (χ0n) is 15.4. The molecule has 0 aliphatic carbocycles. The van der Waals surface area contributed by atoms with Crippen LogP contribution in [0.4, 0.5) is 4.79 Å². The predicted molar refractivity (Wildman–Crippen MR) is 92.9 cm³/mol. The first-order valence-corrected chi connectivity index (χ1v) is 8.43. The van der Waals surface area contributed by atoms with Crippen molar-refractivity contribution in [1.82, 2.24) is 4.90 Å². The molecular weight excluding hydrogens is 342 g/mol. The number of aryl methyl sites for hydroxylation is 1. The molecule has 1 aromatic rings. The zero-order valence-corrected chi connectivity index (χ0v) is 15.4. The Kier molecular flexibility index (Phi) is 6.31. The second-order valence-electron chi connectivity index (χ2n) is 6.58. The van der Waals surface area contributed by atoms with Gasteiger partial charge in [-0.3, -0.25) is 4.90 Å². The lowest BCUT2D eigenvalue weighted by atomic mass is 10.1. The number of hydrogen-bond acceptors (Lipinski definition) is 6. The third kappa shape index (κ3) is 4.57. The quantitative estimate of drug-likeness (QED) is 0.741. The SMILES string of the molecule is COC(=O)c1c(OC[C@@H]2C[C@@H](O)CN2C(=O)O)cc(C)cc1OC(C)C. The molecule has 8 heteroatoms. The van der Waals surface area contributed by atoms with Gasteiger partial charge in [-0.1, -0.05) is 0 Å². The highest BCUT2D eigenvalue weighted by Gasteiger charge is 2.35. The molecule has 8 nitrogen and oxygen atoms in total. The van der Waals surface area contributed by atoms with E-state index in [4.69, 9.17) is 14.2 Å². The van der Waals surface area contributed by atoms with Gasteiger partial charge >= 0.3 is 12.1 Å². The summed E-state index contributed by atoms with van der Waals surface area (Å²) in [6, 6.07) is 2.90. The van der Waals surface area contributed by atoms with Gasteiger partial charge in [-0.15, -0.1) is 0 Å². The largest absolute Gasteiger partial charge is 0.490 e. The van der Waals surface area contributed by atoms with Crippen molar-refractivity contribution >= 4 is 12.1 Å². The molecule has 1 saturated heterocycles. The molecule has 0 radical (unpaired) electrons. The van der Waals surface area contributed by atoms with Crippen molar-refractivity contribution in [2.45, 2.75) is 45.4 Å². The van der Waals surface area contributed by atoms with Gasteiger partial charge < -0.3 is 24.4 Å². The van der Waals surface area contributed by atoms with Crippen molar-refractivity contribution in [1.29, 1.82) is 0 Å². The Bertz CT molecular complexity index is 674. The lowest BCUT2D eigenvalue weighted by Gasteiger charge is -2.23. The Morgan fingerprint density at radius 1 is 1.31 bits per heavy atom. The number of carbonyl (C=O) groups excluding carboxylic acids is 1. The summed E-state index contributed by atoms with van der Waals surface area (Å²) in [5.41, 5.74) is 0.983. The topological polar surface area (TPSA) is 106 Å². The van der Waals surface area contributed by atoms with Crippen molar-refractivity contribution in [3.63, 3.8) is 0 Å². The molecule has 2 atom stereocenters. The second-order valence-corrected chi connectivity index (χ2v) is 6.58. The maximum atomic E-state index is 12.2. The van der Waals surface area contributed by atoms with Crippen LogP contribution in [0.15, 0.2) is 12.1 Å². The third-order valence-electron chi connectivity index (χ3n) is 4.03. The third-order valence-corrected chi connectivity index (χ3v) is 4.03. The molecule has 0 aromatic heterocycles. The van der Waals surface area contributed by atoms with Crippen LogP contribution < -0.4 is 9.47 Å². The van der Waals surface area contributed by atoms with E-state index >= 15 is 0 Å². The minimum Gasteiger partial charge on any atom is -0.490 e. The number of ether oxygens (including phenoxy) is 3. The fourth-order valence-electron chi connectivity index (χ4n) is 2.96. The molecule has 1 aliphatic rings. The van der Waals surface area contributed by atoms with Crippen LogP contribution in [-0.2, 0) is 4.74 Å². The van der Waals surface area contributed by atoms with Crippen molar-refractivity contribution in [3.05, 3.63) is 23.3 Å². The van der Waals surface area contributed by atoms with Crippen molar-refractivity contribution in [2.75, 3.05) is 20.3 Å². The number of aliphatic hydroxyl groups is 1. The number of likely N-dealkylation sites (tertiary alicyclic amines) is 1. The Hall–Kier alpha value is -2.48. The van der Waals surface area contributed by atoms with Gasteiger partial charge in [-0.05, 0) is 44.9 Å². The molecule has 26 heavy (non-hydrogen) atoms. The van der Waals surface area contributed by atoms with Crippen molar-refractivity contribution < 1.29 is 34.0 Å². The Morgan fingerprint density at radius 3 is 2.54 bits per heavy atom. The standard InChI is InChI=1S/C18H25NO7/c1-10(2)26-15-6-11(3)5-14(16(15)17(21)24-4)25-9-12-7-13(20)8-19(12)18(22)23/h5-6,10,12-13,20H,7-9H2,1-4H3,(H,22,23)/t12-,13+/m0/s1. The molecule has 1 aliphatic heterocycles. The van der Waals surface area contributed by atoms with E-state index in [9.17, 15) is 19.8 Å². The average molecular weight is 367 g/mol. The highest BCUT2D eigenvalue weighted by Crippen LogP contribution is 2.33. The summed E-state index contributed by atoms with van der Waals surface area (Å²) in [6.45, 7) is 5.58. The number of rotatable bonds is 6. The molecule has 0 bridgehead atoms. The smallest absolute Gasteiger partial charge is 0.407 e. The van der Waals surface area contributed by atoms with E-state index in [0.717, 1.165) is 10.5 Å². The molecule has 1 heterocycles. The maximum Gasteiger partial charge on any atom is 0.407 e. The Morgan fingerprint density at radius 2 is 1.96 bits per heavy atom. The van der Waals surface area contributed by atoms with Gasteiger partial charge in [0, 0.05) is 0 Å². The van der Waals surface area contributed by atoms with E-state index in [1.165, 1.54) is 7.11 Å². The zero-order chi connectivity index (χ0) is 19.4. The predicted octanol–water partition coefficient (Wildman–Crippen LogP) is 2.06. The lowest BCUT2D eigenvalue weighted by Crippen LogP contribution is -2.38. The number of esters is 1. The van der Waals surface area contributed by atoms with Crippen LogP contribution in [-0.4, -0.2) is 65.7 Å². The van der Waals surface area contributed by atoms with Gasteiger partial charge in [-0.25, -0.2) is 9.59 Å². The number of nitrogens with zero attached hydrogens (tertiary/aromatic N) is 1. The van der Waals surface area contributed by atoms with Gasteiger partial charge in [0.05, 0.1) is 31.9 Å². The first-order chi connectivity index (χ1) is 12.2. The molecule has 0 saturated carbocycles. The van der Waals surface area contributed by atoms with Crippen LogP contribution >= 0.6 is 0 Å². The van der Waals surface area contributed by atoms with E-state index < -0.39 is 24.2 Å². The highest BCUT2D eigenvalue weighted by molar-refractivity contribution is 5.95. The number of methoxy groups -OCH3 is 1. The van der Waals surface area contributed by atoms with Gasteiger partial charge in [0.2, 0.25) is 0 Å². The molecule has 1 fully saturated rings. The maximum absolute atomic E-state index is 12.2. The lowest BCUT2D eigenvalue weighted by molar-refractivity contribution is 0.0586. The second kappa shape index (κ2) is 8.27. The fraction of sp³-hybridized carbons (Fsp3) is 0.556. The minimum atomic E-state index is -1.11. The normalized spacial score (nSPS) is 19.5. The van der Waals surface area contributed by atoms with E-state index in [0.29, 0.717) is 5.75 Å². The van der Waals surface area contributed by atoms with Gasteiger partial charge in [-0.2, -0.15) is 0 Å². The average Bonchev–Trinajstić information content (AvgIpc) is 2.92. The van der Waals surface area contributed by atoms with E-state index in [1.807, 2.05) is 20.8 Å². The first-order valence-electron chi connectivity index (χ1n) is 8.43. The summed E-state index contributed by atoms with van der Waals surface area (Å²) >= 11 is 0.